The third-order valence-electron chi connectivity index (χ3n) is 1.59. The van der Waals surface area contributed by atoms with E-state index in [4.69, 9.17) is 5.73 Å². The van der Waals surface area contributed by atoms with Crippen LogP contribution in [0.3, 0.4) is 0 Å². The molecule has 5 heteroatoms. The number of hydrogen-bond acceptors (Lipinski definition) is 3. The average Bonchev–Trinajstić information content (AvgIpc) is 2.71. The number of carbonyl (C=O) groups excluding carboxylic acids is 1. The van der Waals surface area contributed by atoms with Gasteiger partial charge in [-0.25, -0.2) is 0 Å². The molecule has 1 aromatic carbocycles. The van der Waals surface area contributed by atoms with Gasteiger partial charge in [-0.1, -0.05) is 18.2 Å². The van der Waals surface area contributed by atoms with Gasteiger partial charge < -0.3 is 5.73 Å². The third-order valence-corrected chi connectivity index (χ3v) is 1.59. The first-order chi connectivity index (χ1) is 7.20. The first kappa shape index (κ1) is 10.9. The monoisotopic (exact) mass is 204 g/mol. The molecule has 78 valence electrons. The molecule has 1 amide bonds. The number of rotatable bonds is 1. The second-order valence-corrected chi connectivity index (χ2v) is 2.84. The van der Waals surface area contributed by atoms with Crippen LogP contribution in [0.1, 0.15) is 16.1 Å². The number of carbonyl (C=O) groups is 1. The lowest BCUT2D eigenvalue weighted by molar-refractivity contribution is 0.100. The second kappa shape index (κ2) is 5.54. The number of primary amides is 1. The molecule has 0 radical (unpaired) electrons. The maximum Gasteiger partial charge on any atom is 0.248 e. The molecule has 2 rings (SSSR count). The van der Waals surface area contributed by atoms with Gasteiger partial charge in [0.05, 0.1) is 11.9 Å². The molecule has 1 heterocycles. The lowest BCUT2D eigenvalue weighted by Crippen LogP contribution is -2.09. The highest BCUT2D eigenvalue weighted by molar-refractivity contribution is 5.92. The van der Waals surface area contributed by atoms with Crippen LogP contribution >= 0.6 is 0 Å². The van der Waals surface area contributed by atoms with E-state index in [2.05, 4.69) is 15.4 Å². The quantitative estimate of drug-likeness (QED) is 0.723. The summed E-state index contributed by atoms with van der Waals surface area (Å²) in [5, 5.41) is 9.70. The number of benzene rings is 1. The number of aryl methyl sites for hydroxylation is 1. The van der Waals surface area contributed by atoms with Gasteiger partial charge in [0.25, 0.3) is 0 Å². The fraction of sp³-hybridized carbons (Fsp3) is 0.100. The van der Waals surface area contributed by atoms with E-state index in [1.807, 2.05) is 13.0 Å². The maximum absolute atomic E-state index is 10.4. The fourth-order valence-electron chi connectivity index (χ4n) is 0.861. The van der Waals surface area contributed by atoms with Crippen molar-refractivity contribution in [3.8, 4) is 0 Å². The third kappa shape index (κ3) is 4.04. The molecule has 0 bridgehead atoms. The largest absolute Gasteiger partial charge is 0.366 e. The van der Waals surface area contributed by atoms with Crippen LogP contribution in [-0.2, 0) is 0 Å². The van der Waals surface area contributed by atoms with Crippen molar-refractivity contribution in [1.82, 2.24) is 15.4 Å². The van der Waals surface area contributed by atoms with Crippen LogP contribution in [0.25, 0.3) is 0 Å². The van der Waals surface area contributed by atoms with Gasteiger partial charge in [0.2, 0.25) is 5.91 Å². The van der Waals surface area contributed by atoms with Crippen molar-refractivity contribution >= 4 is 5.91 Å². The van der Waals surface area contributed by atoms with Crippen LogP contribution in [0.2, 0.25) is 0 Å². The summed E-state index contributed by atoms with van der Waals surface area (Å²) in [5.74, 6) is -0.379. The Morgan fingerprint density at radius 3 is 2.27 bits per heavy atom. The Hall–Kier alpha value is -2.17. The van der Waals surface area contributed by atoms with E-state index >= 15 is 0 Å². The second-order valence-electron chi connectivity index (χ2n) is 2.84. The van der Waals surface area contributed by atoms with E-state index in [1.165, 1.54) is 0 Å². The van der Waals surface area contributed by atoms with Crippen LogP contribution in [0.5, 0.6) is 0 Å². The molecule has 0 aliphatic heterocycles. The van der Waals surface area contributed by atoms with E-state index in [1.54, 1.807) is 30.5 Å². The molecule has 5 nitrogen and oxygen atoms in total. The van der Waals surface area contributed by atoms with Crippen LogP contribution in [0, 0.1) is 6.92 Å². The van der Waals surface area contributed by atoms with Crippen molar-refractivity contribution in [2.45, 2.75) is 6.92 Å². The molecule has 15 heavy (non-hydrogen) atoms. The number of nitrogens with two attached hydrogens (primary N) is 1. The minimum absolute atomic E-state index is 0.379. The van der Waals surface area contributed by atoms with E-state index in [-0.39, 0.29) is 5.91 Å². The van der Waals surface area contributed by atoms with Gasteiger partial charge in [-0.15, -0.1) is 0 Å². The summed E-state index contributed by atoms with van der Waals surface area (Å²) in [6.45, 7) is 1.88. The zero-order valence-corrected chi connectivity index (χ0v) is 8.34. The Morgan fingerprint density at radius 2 is 2.00 bits per heavy atom. The molecule has 0 spiro atoms. The smallest absolute Gasteiger partial charge is 0.248 e. The molecule has 3 N–H and O–H groups in total. The Labute approximate surface area is 87.3 Å². The number of H-pyrrole nitrogens is 1. The van der Waals surface area contributed by atoms with Crippen molar-refractivity contribution in [3.63, 3.8) is 0 Å². The van der Waals surface area contributed by atoms with Crippen molar-refractivity contribution in [2.24, 2.45) is 5.73 Å². The first-order valence-electron chi connectivity index (χ1n) is 4.37. The molecule has 0 aliphatic rings. The molecule has 1 aromatic heterocycles. The molecule has 0 fully saturated rings. The van der Waals surface area contributed by atoms with Gasteiger partial charge in [-0.05, 0) is 19.1 Å². The van der Waals surface area contributed by atoms with E-state index in [0.29, 0.717) is 5.56 Å². The van der Waals surface area contributed by atoms with Crippen molar-refractivity contribution in [1.29, 1.82) is 0 Å². The molecule has 0 aliphatic carbocycles. The summed E-state index contributed by atoms with van der Waals surface area (Å²) >= 11 is 0. The summed E-state index contributed by atoms with van der Waals surface area (Å²) in [7, 11) is 0. The highest BCUT2D eigenvalue weighted by Crippen LogP contribution is 1.94. The Bertz CT molecular complexity index is 397. The summed E-state index contributed by atoms with van der Waals surface area (Å²) in [5.41, 5.74) is 6.45. The SMILES string of the molecule is Cc1cn[nH]n1.NC(=O)c1ccccc1. The molecule has 0 saturated heterocycles. The lowest BCUT2D eigenvalue weighted by Gasteiger charge is -1.89. The molecular formula is C10H12N4O. The van der Waals surface area contributed by atoms with Gasteiger partial charge >= 0.3 is 0 Å². The summed E-state index contributed by atoms with van der Waals surface area (Å²) in [6.07, 6.45) is 1.67. The first-order valence-corrected chi connectivity index (χ1v) is 4.37. The summed E-state index contributed by atoms with van der Waals surface area (Å²) in [4.78, 5) is 10.4. The minimum atomic E-state index is -0.379. The molecule has 0 unspecified atom stereocenters. The minimum Gasteiger partial charge on any atom is -0.366 e. The average molecular weight is 204 g/mol. The van der Waals surface area contributed by atoms with Crippen molar-refractivity contribution in [3.05, 3.63) is 47.8 Å². The number of nitrogens with zero attached hydrogens (tertiary/aromatic N) is 2. The standard InChI is InChI=1S/C7H7NO.C3H5N3/c8-7(9)6-4-2-1-3-5-6;1-3-2-4-6-5-3/h1-5H,(H2,8,9);2H,1H3,(H,4,5,6). The molecule has 2 aromatic rings. The van der Waals surface area contributed by atoms with Gasteiger partial charge in [-0.2, -0.15) is 15.4 Å². The molecular weight excluding hydrogens is 192 g/mol. The summed E-state index contributed by atoms with van der Waals surface area (Å²) < 4.78 is 0. The molecule has 0 saturated carbocycles. The highest BCUT2D eigenvalue weighted by atomic mass is 16.1. The van der Waals surface area contributed by atoms with Gasteiger partial charge in [0.1, 0.15) is 0 Å². The Morgan fingerprint density at radius 1 is 1.33 bits per heavy atom. The summed E-state index contributed by atoms with van der Waals surface area (Å²) in [6, 6.07) is 8.76. The lowest BCUT2D eigenvalue weighted by atomic mass is 10.2. The number of hydrogen-bond donors (Lipinski definition) is 2. The van der Waals surface area contributed by atoms with E-state index in [0.717, 1.165) is 5.69 Å². The highest BCUT2D eigenvalue weighted by Gasteiger charge is 1.93. The van der Waals surface area contributed by atoms with Gasteiger partial charge in [0, 0.05) is 5.56 Å². The zero-order chi connectivity index (χ0) is 11.1. The van der Waals surface area contributed by atoms with Crippen LogP contribution in [0.4, 0.5) is 0 Å². The predicted octanol–water partition coefficient (Wildman–Crippen LogP) is 0.899. The van der Waals surface area contributed by atoms with E-state index in [9.17, 15) is 4.79 Å². The topological polar surface area (TPSA) is 84.7 Å². The van der Waals surface area contributed by atoms with Crippen LogP contribution in [0.15, 0.2) is 36.5 Å². The van der Waals surface area contributed by atoms with Gasteiger partial charge in [0.15, 0.2) is 0 Å². The van der Waals surface area contributed by atoms with E-state index < -0.39 is 0 Å². The Balaban J connectivity index is 0.000000162. The van der Waals surface area contributed by atoms with Crippen LogP contribution < -0.4 is 5.73 Å². The van der Waals surface area contributed by atoms with Gasteiger partial charge in [-0.3, -0.25) is 4.79 Å². The number of nitrogens with one attached hydrogen (secondary N) is 1. The number of aromatic nitrogens is 3. The molecule has 0 atom stereocenters. The van der Waals surface area contributed by atoms with Crippen molar-refractivity contribution in [2.75, 3.05) is 0 Å². The predicted molar refractivity (Wildman–Crippen MR) is 56.1 cm³/mol. The number of amides is 1. The van der Waals surface area contributed by atoms with Crippen LogP contribution in [-0.4, -0.2) is 21.3 Å². The Kier molecular flexibility index (Phi) is 4.03. The van der Waals surface area contributed by atoms with Crippen molar-refractivity contribution < 1.29 is 4.79 Å². The fourth-order valence-corrected chi connectivity index (χ4v) is 0.861. The normalized spacial score (nSPS) is 8.87. The zero-order valence-electron chi connectivity index (χ0n) is 8.34. The maximum atomic E-state index is 10.4. The number of aromatic amines is 1.